The first-order valence-electron chi connectivity index (χ1n) is 10.4. The first kappa shape index (κ1) is 20.5. The normalized spacial score (nSPS) is 13.7. The number of benzene rings is 2. The zero-order valence-corrected chi connectivity index (χ0v) is 18.5. The van der Waals surface area contributed by atoms with Gasteiger partial charge >= 0.3 is 0 Å². The minimum atomic E-state index is -0.0369. The number of nitrogens with zero attached hydrogens (tertiary/aromatic N) is 3. The van der Waals surface area contributed by atoms with Crippen LogP contribution in [0.25, 0.3) is 5.69 Å². The molecule has 6 heteroatoms. The lowest BCUT2D eigenvalue weighted by atomic mass is 10.1. The van der Waals surface area contributed by atoms with E-state index in [-0.39, 0.29) is 12.3 Å². The van der Waals surface area contributed by atoms with Crippen molar-refractivity contribution in [1.82, 2.24) is 9.78 Å². The number of hydrogen-bond acceptors (Lipinski definition) is 3. The molecular formula is C24H27ClN4O. The van der Waals surface area contributed by atoms with E-state index in [4.69, 9.17) is 11.6 Å². The number of amides is 1. The maximum Gasteiger partial charge on any atom is 0.228 e. The third kappa shape index (κ3) is 4.21. The van der Waals surface area contributed by atoms with Crippen LogP contribution in [0.2, 0.25) is 5.02 Å². The SMILES string of the molecule is Cc1cc(NC(=O)Cc2c(C)nn(-c3ccc(Cl)cc3)c2C)ccc1N1CCCC1. The van der Waals surface area contributed by atoms with Crippen molar-refractivity contribution in [2.75, 3.05) is 23.3 Å². The van der Waals surface area contributed by atoms with Crippen molar-refractivity contribution in [3.8, 4) is 5.69 Å². The largest absolute Gasteiger partial charge is 0.371 e. The van der Waals surface area contributed by atoms with Gasteiger partial charge in [0.15, 0.2) is 0 Å². The molecule has 1 aliphatic heterocycles. The minimum Gasteiger partial charge on any atom is -0.371 e. The molecule has 1 amide bonds. The van der Waals surface area contributed by atoms with E-state index < -0.39 is 0 Å². The highest BCUT2D eigenvalue weighted by atomic mass is 35.5. The summed E-state index contributed by atoms with van der Waals surface area (Å²) >= 11 is 5.99. The topological polar surface area (TPSA) is 50.2 Å². The van der Waals surface area contributed by atoms with Gasteiger partial charge in [-0.25, -0.2) is 4.68 Å². The fourth-order valence-electron chi connectivity index (χ4n) is 4.18. The Morgan fingerprint density at radius 2 is 1.77 bits per heavy atom. The van der Waals surface area contributed by atoms with Gasteiger partial charge in [0.1, 0.15) is 0 Å². The van der Waals surface area contributed by atoms with Gasteiger partial charge in [-0.2, -0.15) is 5.10 Å². The summed E-state index contributed by atoms with van der Waals surface area (Å²) < 4.78 is 1.86. The van der Waals surface area contributed by atoms with E-state index in [9.17, 15) is 4.79 Å². The predicted octanol–water partition coefficient (Wildman–Crippen LogP) is 5.23. The van der Waals surface area contributed by atoms with Crippen molar-refractivity contribution in [3.05, 3.63) is 70.0 Å². The van der Waals surface area contributed by atoms with Crippen molar-refractivity contribution >= 4 is 28.9 Å². The summed E-state index contributed by atoms with van der Waals surface area (Å²) in [5.74, 6) is -0.0369. The molecule has 0 atom stereocenters. The molecule has 4 rings (SSSR count). The molecule has 0 bridgehead atoms. The van der Waals surface area contributed by atoms with Crippen LogP contribution in [0, 0.1) is 20.8 Å². The number of aromatic nitrogens is 2. The molecule has 2 heterocycles. The monoisotopic (exact) mass is 422 g/mol. The second kappa shape index (κ2) is 8.52. The van der Waals surface area contributed by atoms with Gasteiger partial charge in [0.2, 0.25) is 5.91 Å². The average molecular weight is 423 g/mol. The number of carbonyl (C=O) groups excluding carboxylic acids is 1. The van der Waals surface area contributed by atoms with Crippen molar-refractivity contribution in [2.45, 2.75) is 40.0 Å². The van der Waals surface area contributed by atoms with E-state index in [0.717, 1.165) is 41.4 Å². The highest BCUT2D eigenvalue weighted by Crippen LogP contribution is 2.27. The van der Waals surface area contributed by atoms with Gasteiger partial charge < -0.3 is 10.2 Å². The fraction of sp³-hybridized carbons (Fsp3) is 0.333. The van der Waals surface area contributed by atoms with Crippen LogP contribution < -0.4 is 10.2 Å². The maximum atomic E-state index is 12.8. The first-order chi connectivity index (χ1) is 14.4. The molecule has 3 aromatic rings. The van der Waals surface area contributed by atoms with Crippen LogP contribution in [0.1, 0.15) is 35.4 Å². The average Bonchev–Trinajstić information content (AvgIpc) is 3.33. The van der Waals surface area contributed by atoms with Crippen LogP contribution in [-0.2, 0) is 11.2 Å². The summed E-state index contributed by atoms with van der Waals surface area (Å²) in [6, 6.07) is 13.7. The lowest BCUT2D eigenvalue weighted by Gasteiger charge is -2.20. The quantitative estimate of drug-likeness (QED) is 0.612. The van der Waals surface area contributed by atoms with Gasteiger partial charge in [0.05, 0.1) is 17.8 Å². The number of rotatable bonds is 5. The summed E-state index contributed by atoms with van der Waals surface area (Å²) in [6.45, 7) is 8.27. The van der Waals surface area contributed by atoms with E-state index in [1.165, 1.54) is 24.1 Å². The van der Waals surface area contributed by atoms with E-state index in [1.54, 1.807) is 0 Å². The fourth-order valence-corrected chi connectivity index (χ4v) is 4.30. The molecule has 1 aromatic heterocycles. The predicted molar refractivity (Wildman–Crippen MR) is 123 cm³/mol. The zero-order valence-electron chi connectivity index (χ0n) is 17.7. The van der Waals surface area contributed by atoms with Crippen LogP contribution >= 0.6 is 11.6 Å². The number of hydrogen-bond donors (Lipinski definition) is 1. The highest BCUT2D eigenvalue weighted by Gasteiger charge is 2.17. The lowest BCUT2D eigenvalue weighted by molar-refractivity contribution is -0.115. The van der Waals surface area contributed by atoms with Gasteiger partial charge in [0, 0.05) is 40.7 Å². The number of aryl methyl sites for hydroxylation is 2. The van der Waals surface area contributed by atoms with E-state index >= 15 is 0 Å². The van der Waals surface area contributed by atoms with Gasteiger partial charge in [-0.1, -0.05) is 11.6 Å². The molecule has 0 aliphatic carbocycles. The molecule has 1 aliphatic rings. The smallest absolute Gasteiger partial charge is 0.228 e. The summed E-state index contributed by atoms with van der Waals surface area (Å²) in [7, 11) is 0. The zero-order chi connectivity index (χ0) is 21.3. The third-order valence-corrected chi connectivity index (χ3v) is 6.03. The van der Waals surface area contributed by atoms with Crippen molar-refractivity contribution in [2.24, 2.45) is 0 Å². The molecular weight excluding hydrogens is 396 g/mol. The summed E-state index contributed by atoms with van der Waals surface area (Å²) in [4.78, 5) is 15.2. The molecule has 5 nitrogen and oxygen atoms in total. The van der Waals surface area contributed by atoms with Crippen LogP contribution in [0.15, 0.2) is 42.5 Å². The lowest BCUT2D eigenvalue weighted by Crippen LogP contribution is -2.19. The Morgan fingerprint density at radius 1 is 1.07 bits per heavy atom. The Hall–Kier alpha value is -2.79. The van der Waals surface area contributed by atoms with Crippen LogP contribution in [0.4, 0.5) is 11.4 Å². The van der Waals surface area contributed by atoms with Crippen molar-refractivity contribution < 1.29 is 4.79 Å². The van der Waals surface area contributed by atoms with Gasteiger partial charge in [-0.05, 0) is 81.6 Å². The Kier molecular flexibility index (Phi) is 5.82. The molecule has 0 unspecified atom stereocenters. The van der Waals surface area contributed by atoms with Crippen LogP contribution in [0.5, 0.6) is 0 Å². The van der Waals surface area contributed by atoms with Crippen molar-refractivity contribution in [3.63, 3.8) is 0 Å². The maximum absolute atomic E-state index is 12.8. The molecule has 0 saturated carbocycles. The molecule has 156 valence electrons. The Bertz CT molecular complexity index is 1070. The molecule has 0 radical (unpaired) electrons. The number of nitrogens with one attached hydrogen (secondary N) is 1. The van der Waals surface area contributed by atoms with Crippen molar-refractivity contribution in [1.29, 1.82) is 0 Å². The van der Waals surface area contributed by atoms with Gasteiger partial charge in [-0.15, -0.1) is 0 Å². The van der Waals surface area contributed by atoms with Crippen LogP contribution in [0.3, 0.4) is 0 Å². The number of anilines is 2. The van der Waals surface area contributed by atoms with Gasteiger partial charge in [-0.3, -0.25) is 4.79 Å². The molecule has 1 saturated heterocycles. The van der Waals surface area contributed by atoms with E-state index in [2.05, 4.69) is 34.4 Å². The van der Waals surface area contributed by atoms with E-state index in [0.29, 0.717) is 5.02 Å². The first-order valence-corrected chi connectivity index (χ1v) is 10.8. The standard InChI is InChI=1S/C24H27ClN4O/c1-16-14-20(8-11-23(16)28-12-4-5-13-28)26-24(30)15-22-17(2)27-29(18(22)3)21-9-6-19(25)7-10-21/h6-11,14H,4-5,12-13,15H2,1-3H3,(H,26,30). The third-order valence-electron chi connectivity index (χ3n) is 5.78. The summed E-state index contributed by atoms with van der Waals surface area (Å²) in [6.07, 6.45) is 2.79. The minimum absolute atomic E-state index is 0.0369. The Labute approximate surface area is 182 Å². The molecule has 1 N–H and O–H groups in total. The molecule has 0 spiro atoms. The summed E-state index contributed by atoms with van der Waals surface area (Å²) in [5.41, 5.74) is 7.00. The Morgan fingerprint density at radius 3 is 2.43 bits per heavy atom. The molecule has 1 fully saturated rings. The summed E-state index contributed by atoms with van der Waals surface area (Å²) in [5, 5.41) is 8.36. The Balaban J connectivity index is 1.48. The molecule has 2 aromatic carbocycles. The van der Waals surface area contributed by atoms with E-state index in [1.807, 2.05) is 48.9 Å². The second-order valence-electron chi connectivity index (χ2n) is 7.96. The number of halogens is 1. The van der Waals surface area contributed by atoms with Gasteiger partial charge in [0.25, 0.3) is 0 Å². The highest BCUT2D eigenvalue weighted by molar-refractivity contribution is 6.30. The molecule has 30 heavy (non-hydrogen) atoms. The van der Waals surface area contributed by atoms with Crippen LogP contribution in [-0.4, -0.2) is 28.8 Å². The number of carbonyl (C=O) groups is 1. The second-order valence-corrected chi connectivity index (χ2v) is 8.39.